The average molecular weight is 294 g/mol. The highest BCUT2D eigenvalue weighted by Gasteiger charge is 2.23. The second-order valence-electron chi connectivity index (χ2n) is 5.66. The van der Waals surface area contributed by atoms with Crippen LogP contribution in [-0.2, 0) is 4.79 Å². The van der Waals surface area contributed by atoms with E-state index in [1.165, 1.54) is 18.2 Å². The number of hydrogen-bond donors (Lipinski definition) is 1. The highest BCUT2D eigenvalue weighted by molar-refractivity contribution is 5.95. The van der Waals surface area contributed by atoms with Crippen LogP contribution in [-0.4, -0.2) is 36.0 Å². The molecule has 0 spiro atoms. The molecule has 2 atom stereocenters. The van der Waals surface area contributed by atoms with Gasteiger partial charge in [-0.25, -0.2) is 8.78 Å². The number of nitrogens with one attached hydrogen (secondary N) is 1. The van der Waals surface area contributed by atoms with Gasteiger partial charge in [-0.2, -0.15) is 0 Å². The van der Waals surface area contributed by atoms with Gasteiger partial charge < -0.3 is 10.2 Å². The Kier molecular flexibility index (Phi) is 4.73. The zero-order valence-electron chi connectivity index (χ0n) is 12.5. The lowest BCUT2D eigenvalue weighted by molar-refractivity contribution is -0.127. The Morgan fingerprint density at radius 3 is 2.48 bits per heavy atom. The molecule has 0 aromatic heterocycles. The highest BCUT2D eigenvalue weighted by Crippen LogP contribution is 2.19. The summed E-state index contributed by atoms with van der Waals surface area (Å²) in [6.07, 6.45) is 1.42. The Balaban J connectivity index is 2.16. The Labute approximate surface area is 123 Å². The first-order valence-corrected chi connectivity index (χ1v) is 7.05. The predicted octanol–water partition coefficient (Wildman–Crippen LogP) is 2.58. The number of hydrogen-bond acceptors (Lipinski definition) is 2. The van der Waals surface area contributed by atoms with Gasteiger partial charge in [0.15, 0.2) is 0 Å². The number of rotatable bonds is 2. The largest absolute Gasteiger partial charge is 0.336 e. The zero-order chi connectivity index (χ0) is 15.6. The maximum Gasteiger partial charge on any atom is 0.246 e. The molecule has 21 heavy (non-hydrogen) atoms. The van der Waals surface area contributed by atoms with Gasteiger partial charge in [-0.3, -0.25) is 4.79 Å². The SMILES string of the molecule is CC(=CC(=O)N1CC(C)NC(C)C1)c1ccc(F)cc1F. The van der Waals surface area contributed by atoms with Crippen LogP contribution in [0.4, 0.5) is 8.78 Å². The lowest BCUT2D eigenvalue weighted by atomic mass is 10.1. The summed E-state index contributed by atoms with van der Waals surface area (Å²) in [6.45, 7) is 6.94. The van der Waals surface area contributed by atoms with Crippen LogP contribution in [0, 0.1) is 11.6 Å². The fourth-order valence-electron chi connectivity index (χ4n) is 2.67. The molecule has 1 N–H and O–H groups in total. The molecular weight excluding hydrogens is 274 g/mol. The lowest BCUT2D eigenvalue weighted by Gasteiger charge is -2.35. The molecule has 0 saturated carbocycles. The number of benzene rings is 1. The third-order valence-electron chi connectivity index (χ3n) is 3.57. The molecule has 1 amide bonds. The maximum atomic E-state index is 13.7. The molecule has 1 saturated heterocycles. The second kappa shape index (κ2) is 6.35. The quantitative estimate of drug-likeness (QED) is 0.850. The summed E-state index contributed by atoms with van der Waals surface area (Å²) in [5, 5.41) is 3.35. The van der Waals surface area contributed by atoms with Gasteiger partial charge in [-0.05, 0) is 38.5 Å². The maximum absolute atomic E-state index is 13.7. The molecule has 1 aromatic rings. The normalized spacial score (nSPS) is 23.3. The first-order chi connectivity index (χ1) is 9.86. The molecule has 3 nitrogen and oxygen atoms in total. The molecule has 1 heterocycles. The Morgan fingerprint density at radius 2 is 1.90 bits per heavy atom. The van der Waals surface area contributed by atoms with Crippen LogP contribution in [0.3, 0.4) is 0 Å². The van der Waals surface area contributed by atoms with E-state index in [-0.39, 0.29) is 23.6 Å². The van der Waals surface area contributed by atoms with Crippen molar-refractivity contribution in [1.29, 1.82) is 0 Å². The summed E-state index contributed by atoms with van der Waals surface area (Å²) in [7, 11) is 0. The Morgan fingerprint density at radius 1 is 1.29 bits per heavy atom. The van der Waals surface area contributed by atoms with Gasteiger partial charge in [0.05, 0.1) is 0 Å². The average Bonchev–Trinajstić information content (AvgIpc) is 2.37. The van der Waals surface area contributed by atoms with Crippen LogP contribution in [0.15, 0.2) is 24.3 Å². The van der Waals surface area contributed by atoms with E-state index in [1.807, 2.05) is 13.8 Å². The topological polar surface area (TPSA) is 32.3 Å². The van der Waals surface area contributed by atoms with Crippen molar-refractivity contribution in [2.45, 2.75) is 32.9 Å². The molecule has 1 aliphatic rings. The first kappa shape index (κ1) is 15.6. The van der Waals surface area contributed by atoms with E-state index in [0.717, 1.165) is 6.07 Å². The van der Waals surface area contributed by atoms with E-state index in [9.17, 15) is 13.6 Å². The molecule has 0 bridgehead atoms. The van der Waals surface area contributed by atoms with Crippen LogP contribution < -0.4 is 5.32 Å². The number of allylic oxidation sites excluding steroid dienone is 1. The number of amides is 1. The van der Waals surface area contributed by atoms with Crippen molar-refractivity contribution in [1.82, 2.24) is 10.2 Å². The number of halogens is 2. The second-order valence-corrected chi connectivity index (χ2v) is 5.66. The van der Waals surface area contributed by atoms with Crippen LogP contribution >= 0.6 is 0 Å². The van der Waals surface area contributed by atoms with Gasteiger partial charge in [0.1, 0.15) is 11.6 Å². The van der Waals surface area contributed by atoms with Gasteiger partial charge >= 0.3 is 0 Å². The van der Waals surface area contributed by atoms with Crippen molar-refractivity contribution >= 4 is 11.5 Å². The van der Waals surface area contributed by atoms with Crippen molar-refractivity contribution in [2.24, 2.45) is 0 Å². The molecular formula is C16H20F2N2O. The number of carbonyl (C=O) groups is 1. The van der Waals surface area contributed by atoms with Gasteiger partial charge in [-0.15, -0.1) is 0 Å². The summed E-state index contributed by atoms with van der Waals surface area (Å²) < 4.78 is 26.6. The summed E-state index contributed by atoms with van der Waals surface area (Å²) in [4.78, 5) is 14.0. The Hall–Kier alpha value is -1.75. The zero-order valence-corrected chi connectivity index (χ0v) is 12.5. The number of carbonyl (C=O) groups excluding carboxylic acids is 1. The molecule has 1 aliphatic heterocycles. The number of nitrogens with zero attached hydrogens (tertiary/aromatic N) is 1. The molecule has 0 aliphatic carbocycles. The van der Waals surface area contributed by atoms with Crippen LogP contribution in [0.1, 0.15) is 26.3 Å². The third-order valence-corrected chi connectivity index (χ3v) is 3.57. The fourth-order valence-corrected chi connectivity index (χ4v) is 2.67. The minimum absolute atomic E-state index is 0.142. The molecule has 2 unspecified atom stereocenters. The van der Waals surface area contributed by atoms with E-state index < -0.39 is 11.6 Å². The van der Waals surface area contributed by atoms with Crippen molar-refractivity contribution in [3.63, 3.8) is 0 Å². The summed E-state index contributed by atoms with van der Waals surface area (Å²) in [6, 6.07) is 3.83. The standard InChI is InChI=1S/C16H20F2N2O/c1-10(14-5-4-13(17)7-15(14)18)6-16(21)20-8-11(2)19-12(3)9-20/h4-7,11-12,19H,8-9H2,1-3H3. The first-order valence-electron chi connectivity index (χ1n) is 7.05. The molecule has 5 heteroatoms. The summed E-state index contributed by atoms with van der Waals surface area (Å²) in [5.41, 5.74) is 0.748. The van der Waals surface area contributed by atoms with Crippen molar-refractivity contribution < 1.29 is 13.6 Å². The summed E-state index contributed by atoms with van der Waals surface area (Å²) >= 11 is 0. The van der Waals surface area contributed by atoms with Crippen LogP contribution in [0.25, 0.3) is 5.57 Å². The van der Waals surface area contributed by atoms with Crippen LogP contribution in [0.5, 0.6) is 0 Å². The highest BCUT2D eigenvalue weighted by atomic mass is 19.1. The minimum Gasteiger partial charge on any atom is -0.336 e. The Bertz CT molecular complexity index is 561. The molecule has 2 rings (SSSR count). The third kappa shape index (κ3) is 3.88. The van der Waals surface area contributed by atoms with Crippen LogP contribution in [0.2, 0.25) is 0 Å². The van der Waals surface area contributed by atoms with Gasteiger partial charge in [-0.1, -0.05) is 0 Å². The van der Waals surface area contributed by atoms with E-state index in [2.05, 4.69) is 5.32 Å². The van der Waals surface area contributed by atoms with Gasteiger partial charge in [0.25, 0.3) is 0 Å². The minimum atomic E-state index is -0.654. The molecule has 114 valence electrons. The van der Waals surface area contributed by atoms with E-state index in [1.54, 1.807) is 11.8 Å². The van der Waals surface area contributed by atoms with Gasteiger partial charge in [0.2, 0.25) is 5.91 Å². The lowest BCUT2D eigenvalue weighted by Crippen LogP contribution is -2.55. The molecule has 0 radical (unpaired) electrons. The van der Waals surface area contributed by atoms with Crippen molar-refractivity contribution in [2.75, 3.05) is 13.1 Å². The van der Waals surface area contributed by atoms with Crippen molar-refractivity contribution in [3.8, 4) is 0 Å². The molecule has 1 aromatic carbocycles. The number of piperazine rings is 1. The molecule has 1 fully saturated rings. The summed E-state index contributed by atoms with van der Waals surface area (Å²) in [5.74, 6) is -1.42. The monoisotopic (exact) mass is 294 g/mol. The smallest absolute Gasteiger partial charge is 0.246 e. The predicted molar refractivity (Wildman–Crippen MR) is 78.6 cm³/mol. The van der Waals surface area contributed by atoms with E-state index in [4.69, 9.17) is 0 Å². The van der Waals surface area contributed by atoms with E-state index in [0.29, 0.717) is 18.7 Å². The van der Waals surface area contributed by atoms with Crippen molar-refractivity contribution in [3.05, 3.63) is 41.5 Å². The fraction of sp³-hybridized carbons (Fsp3) is 0.438. The van der Waals surface area contributed by atoms with E-state index >= 15 is 0 Å². The van der Waals surface area contributed by atoms with Gasteiger partial charge in [0, 0.05) is 42.9 Å².